The summed E-state index contributed by atoms with van der Waals surface area (Å²) in [6.45, 7) is 3.53. The molecule has 1 aliphatic heterocycles. The molecule has 0 radical (unpaired) electrons. The van der Waals surface area contributed by atoms with Gasteiger partial charge in [0.15, 0.2) is 6.61 Å². The van der Waals surface area contributed by atoms with E-state index in [2.05, 4.69) is 0 Å². The number of benzene rings is 1. The van der Waals surface area contributed by atoms with Crippen molar-refractivity contribution in [3.05, 3.63) is 29.3 Å². The molecular weight excluding hydrogens is 264 g/mol. The van der Waals surface area contributed by atoms with E-state index in [9.17, 15) is 4.79 Å². The van der Waals surface area contributed by atoms with E-state index >= 15 is 0 Å². The fraction of sp³-hybridized carbons (Fsp3) is 0.500. The first-order valence-electron chi connectivity index (χ1n) is 6.48. The second kappa shape index (κ2) is 6.26. The van der Waals surface area contributed by atoms with E-state index in [1.807, 2.05) is 11.8 Å². The van der Waals surface area contributed by atoms with E-state index in [0.717, 1.165) is 19.5 Å². The van der Waals surface area contributed by atoms with Gasteiger partial charge in [-0.15, -0.1) is 0 Å². The molecule has 1 aromatic rings. The lowest BCUT2D eigenvalue weighted by molar-refractivity contribution is -0.132. The maximum atomic E-state index is 12.0. The summed E-state index contributed by atoms with van der Waals surface area (Å²) < 4.78 is 5.45. The Hall–Kier alpha value is -1.26. The molecule has 104 valence electrons. The number of hydrogen-bond donors (Lipinski definition) is 1. The van der Waals surface area contributed by atoms with Gasteiger partial charge in [0.1, 0.15) is 5.75 Å². The van der Waals surface area contributed by atoms with Crippen molar-refractivity contribution in [2.45, 2.75) is 19.4 Å². The summed E-state index contributed by atoms with van der Waals surface area (Å²) in [4.78, 5) is 13.8. The monoisotopic (exact) mass is 282 g/mol. The fourth-order valence-electron chi connectivity index (χ4n) is 2.24. The van der Waals surface area contributed by atoms with Gasteiger partial charge < -0.3 is 15.4 Å². The van der Waals surface area contributed by atoms with Crippen LogP contribution in [0.1, 0.15) is 13.3 Å². The van der Waals surface area contributed by atoms with Crippen molar-refractivity contribution in [2.75, 3.05) is 19.7 Å². The van der Waals surface area contributed by atoms with Gasteiger partial charge in [0.2, 0.25) is 0 Å². The van der Waals surface area contributed by atoms with Gasteiger partial charge in [0.05, 0.1) is 0 Å². The van der Waals surface area contributed by atoms with Crippen LogP contribution in [0.2, 0.25) is 5.02 Å². The minimum atomic E-state index is 0.00289. The van der Waals surface area contributed by atoms with E-state index in [0.29, 0.717) is 16.7 Å². The smallest absolute Gasteiger partial charge is 0.260 e. The Morgan fingerprint density at radius 3 is 3.05 bits per heavy atom. The number of carbonyl (C=O) groups excluding carboxylic acids is 1. The number of hydrogen-bond acceptors (Lipinski definition) is 3. The summed E-state index contributed by atoms with van der Waals surface area (Å²) in [5, 5.41) is 0.600. The van der Waals surface area contributed by atoms with Gasteiger partial charge in [-0.25, -0.2) is 0 Å². The van der Waals surface area contributed by atoms with Gasteiger partial charge in [0.25, 0.3) is 5.91 Å². The highest BCUT2D eigenvalue weighted by molar-refractivity contribution is 6.30. The number of nitrogens with two attached hydrogens (primary N) is 1. The van der Waals surface area contributed by atoms with Crippen LogP contribution < -0.4 is 10.5 Å². The van der Waals surface area contributed by atoms with Crippen LogP contribution in [0.4, 0.5) is 0 Å². The molecule has 1 aliphatic rings. The second-order valence-electron chi connectivity index (χ2n) is 4.99. The van der Waals surface area contributed by atoms with Gasteiger partial charge in [0, 0.05) is 24.2 Å². The Morgan fingerprint density at radius 1 is 1.63 bits per heavy atom. The maximum Gasteiger partial charge on any atom is 0.260 e. The third kappa shape index (κ3) is 3.85. The van der Waals surface area contributed by atoms with Crippen LogP contribution in [-0.4, -0.2) is 36.5 Å². The van der Waals surface area contributed by atoms with E-state index in [-0.39, 0.29) is 18.6 Å². The van der Waals surface area contributed by atoms with Crippen LogP contribution in [0.15, 0.2) is 24.3 Å². The summed E-state index contributed by atoms with van der Waals surface area (Å²) in [5.41, 5.74) is 5.86. The number of rotatable bonds is 4. The van der Waals surface area contributed by atoms with E-state index in [1.54, 1.807) is 24.3 Å². The van der Waals surface area contributed by atoms with Gasteiger partial charge in [-0.3, -0.25) is 4.79 Å². The van der Waals surface area contributed by atoms with Crippen LogP contribution in [-0.2, 0) is 4.79 Å². The fourth-order valence-corrected chi connectivity index (χ4v) is 2.42. The molecule has 1 heterocycles. The molecule has 0 aromatic heterocycles. The van der Waals surface area contributed by atoms with Crippen LogP contribution in [0.3, 0.4) is 0 Å². The molecule has 0 spiro atoms. The van der Waals surface area contributed by atoms with Crippen molar-refractivity contribution < 1.29 is 9.53 Å². The van der Waals surface area contributed by atoms with Gasteiger partial charge >= 0.3 is 0 Å². The zero-order valence-corrected chi connectivity index (χ0v) is 11.8. The Morgan fingerprint density at radius 2 is 2.42 bits per heavy atom. The predicted octanol–water partition coefficient (Wildman–Crippen LogP) is 1.91. The largest absolute Gasteiger partial charge is 0.484 e. The van der Waals surface area contributed by atoms with E-state index in [4.69, 9.17) is 22.1 Å². The third-order valence-corrected chi connectivity index (χ3v) is 3.71. The Balaban J connectivity index is 1.82. The predicted molar refractivity (Wildman–Crippen MR) is 75.3 cm³/mol. The zero-order valence-electron chi connectivity index (χ0n) is 11.0. The number of likely N-dealkylation sites (tertiary alicyclic amines) is 1. The average Bonchev–Trinajstić information content (AvgIpc) is 2.86. The quantitative estimate of drug-likeness (QED) is 0.918. The van der Waals surface area contributed by atoms with Crippen molar-refractivity contribution in [1.82, 2.24) is 4.90 Å². The standard InChI is InChI=1S/C14H19ClN2O2/c1-10(16)11-5-6-17(8-11)14(18)9-19-13-4-2-3-12(15)7-13/h2-4,7,10-11H,5-6,8-9,16H2,1H3. The molecule has 1 aromatic carbocycles. The molecule has 2 atom stereocenters. The summed E-state index contributed by atoms with van der Waals surface area (Å²) in [7, 11) is 0. The SMILES string of the molecule is CC(N)C1CCN(C(=O)COc2cccc(Cl)c2)C1. The molecule has 0 saturated carbocycles. The number of amides is 1. The first kappa shape index (κ1) is 14.2. The second-order valence-corrected chi connectivity index (χ2v) is 5.43. The Labute approximate surface area is 118 Å². The highest BCUT2D eigenvalue weighted by Gasteiger charge is 2.28. The Kier molecular flexibility index (Phi) is 4.66. The molecular formula is C14H19ClN2O2. The zero-order chi connectivity index (χ0) is 13.8. The summed E-state index contributed by atoms with van der Waals surface area (Å²) in [6, 6.07) is 7.18. The Bertz CT molecular complexity index is 451. The van der Waals surface area contributed by atoms with Crippen molar-refractivity contribution in [3.8, 4) is 5.75 Å². The first-order chi connectivity index (χ1) is 9.06. The lowest BCUT2D eigenvalue weighted by Crippen LogP contribution is -2.35. The van der Waals surface area contributed by atoms with Gasteiger partial charge in [-0.2, -0.15) is 0 Å². The van der Waals surface area contributed by atoms with Crippen molar-refractivity contribution in [3.63, 3.8) is 0 Å². The summed E-state index contributed by atoms with van der Waals surface area (Å²) >= 11 is 5.85. The minimum absolute atomic E-state index is 0.00289. The van der Waals surface area contributed by atoms with Crippen molar-refractivity contribution in [2.24, 2.45) is 11.7 Å². The van der Waals surface area contributed by atoms with Crippen molar-refractivity contribution in [1.29, 1.82) is 0 Å². The average molecular weight is 283 g/mol. The normalized spacial score (nSPS) is 20.4. The lowest BCUT2D eigenvalue weighted by Gasteiger charge is -2.18. The summed E-state index contributed by atoms with van der Waals surface area (Å²) in [6.07, 6.45) is 0.973. The molecule has 2 rings (SSSR count). The van der Waals surface area contributed by atoms with Gasteiger partial charge in [-0.1, -0.05) is 17.7 Å². The minimum Gasteiger partial charge on any atom is -0.484 e. The van der Waals surface area contributed by atoms with E-state index < -0.39 is 0 Å². The number of carbonyl (C=O) groups is 1. The van der Waals surface area contributed by atoms with Gasteiger partial charge in [-0.05, 0) is 37.5 Å². The topological polar surface area (TPSA) is 55.6 Å². The van der Waals surface area contributed by atoms with E-state index in [1.165, 1.54) is 0 Å². The number of ether oxygens (including phenoxy) is 1. The molecule has 0 bridgehead atoms. The van der Waals surface area contributed by atoms with Crippen LogP contribution in [0.25, 0.3) is 0 Å². The summed E-state index contributed by atoms with van der Waals surface area (Å²) in [5.74, 6) is 1.02. The number of halogens is 1. The third-order valence-electron chi connectivity index (χ3n) is 3.48. The molecule has 1 fully saturated rings. The molecule has 1 saturated heterocycles. The molecule has 1 amide bonds. The van der Waals surface area contributed by atoms with Crippen LogP contribution in [0.5, 0.6) is 5.75 Å². The van der Waals surface area contributed by atoms with Crippen molar-refractivity contribution >= 4 is 17.5 Å². The molecule has 19 heavy (non-hydrogen) atoms. The first-order valence-corrected chi connectivity index (χ1v) is 6.86. The highest BCUT2D eigenvalue weighted by atomic mass is 35.5. The molecule has 0 aliphatic carbocycles. The maximum absolute atomic E-state index is 12.0. The molecule has 2 N–H and O–H groups in total. The molecule has 5 heteroatoms. The van der Waals surface area contributed by atoms with Crippen LogP contribution >= 0.6 is 11.6 Å². The van der Waals surface area contributed by atoms with Crippen LogP contribution in [0, 0.1) is 5.92 Å². The molecule has 2 unspecified atom stereocenters. The lowest BCUT2D eigenvalue weighted by atomic mass is 10.0. The molecule has 4 nitrogen and oxygen atoms in total. The highest BCUT2D eigenvalue weighted by Crippen LogP contribution is 2.20. The number of nitrogens with zero attached hydrogens (tertiary/aromatic N) is 1.